The van der Waals surface area contributed by atoms with Crippen LogP contribution in [-0.2, 0) is 0 Å². The first kappa shape index (κ1) is 21.9. The minimum absolute atomic E-state index is 0.00648. The van der Waals surface area contributed by atoms with Crippen LogP contribution in [0, 0.1) is 60.7 Å². The molecule has 2 rings (SSSR count). The standard InChI is InChI=1S/C12H4N6O13/c19-12-8(17(28)29)3-7(16(26)27)10(11(12)18(30)31)9-5(14(22)23)1-4(13(20)21)2-6(9)15(24)25/h1-3,19H. The van der Waals surface area contributed by atoms with Gasteiger partial charge in [0.15, 0.2) is 11.1 Å². The van der Waals surface area contributed by atoms with Gasteiger partial charge in [-0.25, -0.2) is 0 Å². The van der Waals surface area contributed by atoms with Gasteiger partial charge in [0.1, 0.15) is 0 Å². The highest BCUT2D eigenvalue weighted by atomic mass is 16.7. The van der Waals surface area contributed by atoms with Crippen molar-refractivity contribution in [3.8, 4) is 16.9 Å². The van der Waals surface area contributed by atoms with Gasteiger partial charge in [-0.3, -0.25) is 60.7 Å². The molecule has 19 nitrogen and oxygen atoms in total. The van der Waals surface area contributed by atoms with Gasteiger partial charge in [0, 0.05) is 0 Å². The van der Waals surface area contributed by atoms with Crippen molar-refractivity contribution in [3.63, 3.8) is 0 Å². The lowest BCUT2D eigenvalue weighted by Crippen LogP contribution is -2.06. The molecule has 2 aromatic carbocycles. The second-order valence-electron chi connectivity index (χ2n) is 5.39. The van der Waals surface area contributed by atoms with Gasteiger partial charge in [-0.05, 0) is 0 Å². The van der Waals surface area contributed by atoms with Crippen LogP contribution in [0.1, 0.15) is 0 Å². The van der Waals surface area contributed by atoms with E-state index in [1.807, 2.05) is 0 Å². The monoisotopic (exact) mass is 440 g/mol. The summed E-state index contributed by atoms with van der Waals surface area (Å²) in [6.07, 6.45) is 0. The third-order valence-corrected chi connectivity index (χ3v) is 3.74. The van der Waals surface area contributed by atoms with Crippen molar-refractivity contribution in [2.24, 2.45) is 0 Å². The molecule has 0 spiro atoms. The Bertz CT molecular complexity index is 1190. The number of phenolic OH excluding ortho intramolecular Hbond substituents is 1. The summed E-state index contributed by atoms with van der Waals surface area (Å²) in [4.78, 5) is 59.0. The lowest BCUT2D eigenvalue weighted by Gasteiger charge is -2.08. The van der Waals surface area contributed by atoms with Crippen LogP contribution in [0.2, 0.25) is 0 Å². The van der Waals surface area contributed by atoms with E-state index in [0.29, 0.717) is 0 Å². The molecule has 0 unspecified atom stereocenters. The van der Waals surface area contributed by atoms with E-state index in [1.54, 1.807) is 0 Å². The minimum Gasteiger partial charge on any atom is -0.497 e. The lowest BCUT2D eigenvalue weighted by atomic mass is 9.96. The number of rotatable bonds is 7. The Hall–Kier alpha value is -5.36. The maximum absolute atomic E-state index is 11.5. The van der Waals surface area contributed by atoms with Crippen molar-refractivity contribution in [1.82, 2.24) is 0 Å². The maximum atomic E-state index is 11.5. The Morgan fingerprint density at radius 1 is 0.516 bits per heavy atom. The van der Waals surface area contributed by atoms with E-state index in [9.17, 15) is 65.8 Å². The molecular formula is C12H4N6O13. The molecule has 0 radical (unpaired) electrons. The molecule has 0 amide bonds. The highest BCUT2D eigenvalue weighted by Crippen LogP contribution is 2.53. The molecule has 0 aromatic heterocycles. The summed E-state index contributed by atoms with van der Waals surface area (Å²) < 4.78 is 0. The molecule has 0 atom stereocenters. The zero-order valence-corrected chi connectivity index (χ0v) is 14.3. The predicted molar refractivity (Wildman–Crippen MR) is 93.5 cm³/mol. The molecule has 31 heavy (non-hydrogen) atoms. The highest BCUT2D eigenvalue weighted by Gasteiger charge is 2.44. The van der Waals surface area contributed by atoms with Gasteiger partial charge in [-0.1, -0.05) is 0 Å². The van der Waals surface area contributed by atoms with Crippen LogP contribution in [-0.4, -0.2) is 34.6 Å². The summed E-state index contributed by atoms with van der Waals surface area (Å²) in [7, 11) is 0. The smallest absolute Gasteiger partial charge is 0.333 e. The number of hydrogen-bond donors (Lipinski definition) is 1. The molecular weight excluding hydrogens is 436 g/mol. The van der Waals surface area contributed by atoms with Crippen molar-refractivity contribution in [2.75, 3.05) is 0 Å². The number of nitro benzene ring substituents is 6. The maximum Gasteiger partial charge on any atom is 0.333 e. The van der Waals surface area contributed by atoms with Crippen LogP contribution in [0.5, 0.6) is 5.75 Å². The molecule has 0 saturated carbocycles. The summed E-state index contributed by atoms with van der Waals surface area (Å²) in [5, 5.41) is 77.6. The van der Waals surface area contributed by atoms with Crippen molar-refractivity contribution in [2.45, 2.75) is 0 Å². The van der Waals surface area contributed by atoms with Gasteiger partial charge < -0.3 is 5.11 Å². The van der Waals surface area contributed by atoms with Crippen LogP contribution >= 0.6 is 0 Å². The molecule has 160 valence electrons. The Morgan fingerprint density at radius 2 is 0.903 bits per heavy atom. The average Bonchev–Trinajstić information content (AvgIpc) is 2.65. The Morgan fingerprint density at radius 3 is 1.23 bits per heavy atom. The van der Waals surface area contributed by atoms with Crippen LogP contribution in [0.3, 0.4) is 0 Å². The Kier molecular flexibility index (Phi) is 5.36. The third-order valence-electron chi connectivity index (χ3n) is 3.74. The summed E-state index contributed by atoms with van der Waals surface area (Å²) >= 11 is 0. The topological polar surface area (TPSA) is 279 Å². The zero-order chi connectivity index (χ0) is 23.8. The fourth-order valence-electron chi connectivity index (χ4n) is 2.59. The molecule has 0 aliphatic carbocycles. The fraction of sp³-hybridized carbons (Fsp3) is 0. The second-order valence-corrected chi connectivity index (χ2v) is 5.39. The van der Waals surface area contributed by atoms with Crippen molar-refractivity contribution >= 4 is 34.1 Å². The van der Waals surface area contributed by atoms with Gasteiger partial charge in [0.25, 0.3) is 28.5 Å². The van der Waals surface area contributed by atoms with Gasteiger partial charge >= 0.3 is 11.4 Å². The van der Waals surface area contributed by atoms with Crippen LogP contribution in [0.15, 0.2) is 18.2 Å². The largest absolute Gasteiger partial charge is 0.497 e. The van der Waals surface area contributed by atoms with E-state index in [1.165, 1.54) is 0 Å². The second kappa shape index (κ2) is 7.57. The van der Waals surface area contributed by atoms with Gasteiger partial charge in [-0.2, -0.15) is 0 Å². The molecule has 0 aliphatic heterocycles. The molecule has 0 heterocycles. The Balaban J connectivity index is 3.29. The van der Waals surface area contributed by atoms with E-state index in [0.717, 1.165) is 0 Å². The number of aromatic hydroxyl groups is 1. The van der Waals surface area contributed by atoms with Crippen molar-refractivity contribution in [1.29, 1.82) is 0 Å². The summed E-state index contributed by atoms with van der Waals surface area (Å²) in [6, 6.07) is 0.301. The van der Waals surface area contributed by atoms with Crippen LogP contribution < -0.4 is 0 Å². The first-order chi connectivity index (χ1) is 14.3. The fourth-order valence-corrected chi connectivity index (χ4v) is 2.59. The van der Waals surface area contributed by atoms with Gasteiger partial charge in [-0.15, -0.1) is 0 Å². The SMILES string of the molecule is O=[N+]([O-])c1cc([N+](=O)[O-])c(-c2c([N+](=O)[O-])cc([N+](=O)[O-])c(O)c2[N+](=O)[O-])c([N+](=O)[O-])c1. The summed E-state index contributed by atoms with van der Waals surface area (Å²) in [5.41, 5.74) is -12.1. The van der Waals surface area contributed by atoms with E-state index in [2.05, 4.69) is 0 Å². The van der Waals surface area contributed by atoms with E-state index in [-0.39, 0.29) is 18.2 Å². The molecule has 0 aliphatic rings. The number of hydrogen-bond acceptors (Lipinski definition) is 13. The number of non-ortho nitro benzene ring substituents is 1. The first-order valence-electron chi connectivity index (χ1n) is 7.24. The normalized spacial score (nSPS) is 10.3. The molecule has 0 bridgehead atoms. The molecule has 19 heteroatoms. The summed E-state index contributed by atoms with van der Waals surface area (Å²) in [5.74, 6) is -1.78. The minimum atomic E-state index is -1.82. The third kappa shape index (κ3) is 3.67. The Labute approximate surface area is 165 Å². The van der Waals surface area contributed by atoms with E-state index < -0.39 is 80.5 Å². The summed E-state index contributed by atoms with van der Waals surface area (Å²) in [6.45, 7) is 0. The van der Waals surface area contributed by atoms with Crippen LogP contribution in [0.4, 0.5) is 34.1 Å². The van der Waals surface area contributed by atoms with Gasteiger partial charge in [0.2, 0.25) is 0 Å². The predicted octanol–water partition coefficient (Wildman–Crippen LogP) is 2.51. The quantitative estimate of drug-likeness (QED) is 0.478. The number of benzene rings is 2. The molecule has 0 fully saturated rings. The molecule has 0 saturated heterocycles. The van der Waals surface area contributed by atoms with Crippen molar-refractivity contribution in [3.05, 3.63) is 78.9 Å². The first-order valence-corrected chi connectivity index (χ1v) is 7.24. The highest BCUT2D eigenvalue weighted by molar-refractivity contribution is 5.97. The van der Waals surface area contributed by atoms with E-state index in [4.69, 9.17) is 0 Å². The van der Waals surface area contributed by atoms with Gasteiger partial charge in [0.05, 0.1) is 47.7 Å². The molecule has 1 N–H and O–H groups in total. The van der Waals surface area contributed by atoms with E-state index >= 15 is 0 Å². The van der Waals surface area contributed by atoms with Crippen LogP contribution in [0.25, 0.3) is 11.1 Å². The number of phenols is 1. The zero-order valence-electron chi connectivity index (χ0n) is 14.3. The lowest BCUT2D eigenvalue weighted by molar-refractivity contribution is -0.406. The number of nitrogens with zero attached hydrogens (tertiary/aromatic N) is 6. The molecule has 2 aromatic rings. The average molecular weight is 440 g/mol. The van der Waals surface area contributed by atoms with Crippen molar-refractivity contribution < 1.29 is 34.6 Å². The number of nitro groups is 6.